The second-order valence-electron chi connectivity index (χ2n) is 9.22. The average Bonchev–Trinajstić information content (AvgIpc) is 2.63. The number of rotatable bonds is 10. The number of unbranched alkanes of at least 4 members (excludes halogenated alkanes) is 4. The zero-order valence-corrected chi connectivity index (χ0v) is 17.0. The lowest BCUT2D eigenvalue weighted by Crippen LogP contribution is -2.41. The van der Waals surface area contributed by atoms with Crippen molar-refractivity contribution in [1.29, 1.82) is 0 Å². The van der Waals surface area contributed by atoms with E-state index < -0.39 is 0 Å². The Kier molecular flexibility index (Phi) is 8.79. The lowest BCUT2D eigenvalue weighted by Gasteiger charge is -2.42. The number of nitrogens with two attached hydrogens (primary N) is 1. The van der Waals surface area contributed by atoms with Crippen LogP contribution < -0.4 is 5.73 Å². The zero-order chi connectivity index (χ0) is 18.1. The summed E-state index contributed by atoms with van der Waals surface area (Å²) in [7, 11) is 0. The first-order valence-electron chi connectivity index (χ1n) is 11.4. The van der Waals surface area contributed by atoms with E-state index in [1.807, 2.05) is 0 Å². The minimum Gasteiger partial charge on any atom is -0.369 e. The SMILES string of the molecule is CCCCCC1CCC(C2CCC(CCCCC)(C(N)=O)CC2)CC1. The smallest absolute Gasteiger partial charge is 0.223 e. The van der Waals surface area contributed by atoms with E-state index in [4.69, 9.17) is 5.73 Å². The molecule has 2 rings (SSSR count). The molecule has 0 saturated heterocycles. The van der Waals surface area contributed by atoms with Crippen molar-refractivity contribution in [3.63, 3.8) is 0 Å². The zero-order valence-electron chi connectivity index (χ0n) is 17.0. The van der Waals surface area contributed by atoms with Gasteiger partial charge in [0.25, 0.3) is 0 Å². The summed E-state index contributed by atoms with van der Waals surface area (Å²) in [6.45, 7) is 4.53. The number of carbonyl (C=O) groups excluding carboxylic acids is 1. The molecule has 2 aliphatic carbocycles. The number of carbonyl (C=O) groups is 1. The third kappa shape index (κ3) is 6.00. The molecule has 2 fully saturated rings. The van der Waals surface area contributed by atoms with Crippen molar-refractivity contribution in [2.75, 3.05) is 0 Å². The van der Waals surface area contributed by atoms with Crippen molar-refractivity contribution in [2.24, 2.45) is 28.9 Å². The van der Waals surface area contributed by atoms with Crippen LogP contribution in [0, 0.1) is 23.2 Å². The highest BCUT2D eigenvalue weighted by atomic mass is 16.1. The number of amides is 1. The van der Waals surface area contributed by atoms with Crippen LogP contribution in [0.2, 0.25) is 0 Å². The molecular formula is C23H43NO. The Morgan fingerprint density at radius 1 is 0.840 bits per heavy atom. The highest BCUT2D eigenvalue weighted by Gasteiger charge is 2.41. The van der Waals surface area contributed by atoms with Gasteiger partial charge in [-0.05, 0) is 62.7 Å². The molecule has 0 heterocycles. The number of primary amides is 1. The molecule has 0 unspecified atom stereocenters. The van der Waals surface area contributed by atoms with E-state index in [1.54, 1.807) is 0 Å². The Hall–Kier alpha value is -0.530. The van der Waals surface area contributed by atoms with Crippen molar-refractivity contribution >= 4 is 5.91 Å². The first-order valence-corrected chi connectivity index (χ1v) is 11.4. The Labute approximate surface area is 156 Å². The topological polar surface area (TPSA) is 43.1 Å². The van der Waals surface area contributed by atoms with Gasteiger partial charge < -0.3 is 5.73 Å². The summed E-state index contributed by atoms with van der Waals surface area (Å²) < 4.78 is 0. The molecule has 0 atom stereocenters. The van der Waals surface area contributed by atoms with Gasteiger partial charge in [0.1, 0.15) is 0 Å². The van der Waals surface area contributed by atoms with Crippen LogP contribution in [0.1, 0.15) is 117 Å². The van der Waals surface area contributed by atoms with E-state index in [9.17, 15) is 4.79 Å². The third-order valence-electron chi connectivity index (χ3n) is 7.54. The van der Waals surface area contributed by atoms with Crippen LogP contribution in [0.5, 0.6) is 0 Å². The molecule has 0 aromatic heterocycles. The third-order valence-corrected chi connectivity index (χ3v) is 7.54. The Morgan fingerprint density at radius 2 is 1.40 bits per heavy atom. The van der Waals surface area contributed by atoms with Gasteiger partial charge in [0, 0.05) is 5.41 Å². The van der Waals surface area contributed by atoms with E-state index in [-0.39, 0.29) is 11.3 Å². The summed E-state index contributed by atoms with van der Waals surface area (Å²) in [5.74, 6) is 2.80. The summed E-state index contributed by atoms with van der Waals surface area (Å²) in [6.07, 6.45) is 20.8. The second-order valence-corrected chi connectivity index (χ2v) is 9.22. The van der Waals surface area contributed by atoms with Crippen molar-refractivity contribution in [1.82, 2.24) is 0 Å². The molecule has 2 aliphatic rings. The normalized spacial score (nSPS) is 33.3. The van der Waals surface area contributed by atoms with Crippen molar-refractivity contribution in [3.05, 3.63) is 0 Å². The standard InChI is InChI=1S/C23H43NO/c1-3-5-7-9-19-10-12-20(13-11-19)21-14-17-23(18-15-21,22(24)25)16-8-6-4-2/h19-21H,3-18H2,1-2H3,(H2,24,25). The monoisotopic (exact) mass is 349 g/mol. The highest BCUT2D eigenvalue weighted by molar-refractivity contribution is 5.80. The molecule has 2 heteroatoms. The molecule has 0 bridgehead atoms. The van der Waals surface area contributed by atoms with Crippen molar-refractivity contribution in [2.45, 2.75) is 117 Å². The summed E-state index contributed by atoms with van der Waals surface area (Å²) in [6, 6.07) is 0. The number of hydrogen-bond donors (Lipinski definition) is 1. The summed E-state index contributed by atoms with van der Waals surface area (Å²) in [4.78, 5) is 12.1. The molecule has 0 aromatic carbocycles. The second kappa shape index (κ2) is 10.6. The molecule has 25 heavy (non-hydrogen) atoms. The Bertz CT molecular complexity index is 376. The molecular weight excluding hydrogens is 306 g/mol. The fraction of sp³-hybridized carbons (Fsp3) is 0.957. The van der Waals surface area contributed by atoms with Gasteiger partial charge in [0.05, 0.1) is 0 Å². The van der Waals surface area contributed by atoms with Gasteiger partial charge in [-0.1, -0.05) is 71.6 Å². The van der Waals surface area contributed by atoms with E-state index in [1.165, 1.54) is 83.5 Å². The highest BCUT2D eigenvalue weighted by Crippen LogP contribution is 2.48. The van der Waals surface area contributed by atoms with Crippen LogP contribution in [0.25, 0.3) is 0 Å². The molecule has 0 radical (unpaired) electrons. The lowest BCUT2D eigenvalue weighted by molar-refractivity contribution is -0.131. The maximum absolute atomic E-state index is 12.1. The summed E-state index contributed by atoms with van der Waals surface area (Å²) >= 11 is 0. The van der Waals surface area contributed by atoms with Gasteiger partial charge in [-0.15, -0.1) is 0 Å². The van der Waals surface area contributed by atoms with Crippen molar-refractivity contribution in [3.8, 4) is 0 Å². The van der Waals surface area contributed by atoms with Crippen LogP contribution in [-0.4, -0.2) is 5.91 Å². The Balaban J connectivity index is 1.75. The first kappa shape index (κ1) is 20.8. The molecule has 146 valence electrons. The molecule has 2 saturated carbocycles. The van der Waals surface area contributed by atoms with Gasteiger partial charge in [0.2, 0.25) is 5.91 Å². The fourth-order valence-electron chi connectivity index (χ4n) is 5.63. The van der Waals surface area contributed by atoms with E-state index in [2.05, 4.69) is 13.8 Å². The van der Waals surface area contributed by atoms with E-state index in [0.717, 1.165) is 37.0 Å². The van der Waals surface area contributed by atoms with E-state index >= 15 is 0 Å². The van der Waals surface area contributed by atoms with Gasteiger partial charge >= 0.3 is 0 Å². The first-order chi connectivity index (χ1) is 12.1. The van der Waals surface area contributed by atoms with Gasteiger partial charge in [0.15, 0.2) is 0 Å². The van der Waals surface area contributed by atoms with Crippen LogP contribution in [0.3, 0.4) is 0 Å². The maximum Gasteiger partial charge on any atom is 0.223 e. The van der Waals surface area contributed by atoms with Gasteiger partial charge in [-0.3, -0.25) is 4.79 Å². The fourth-order valence-corrected chi connectivity index (χ4v) is 5.63. The molecule has 0 spiro atoms. The van der Waals surface area contributed by atoms with Gasteiger partial charge in [-0.2, -0.15) is 0 Å². The quantitative estimate of drug-likeness (QED) is 0.443. The minimum absolute atomic E-state index is 0.0123. The van der Waals surface area contributed by atoms with Crippen LogP contribution in [0.4, 0.5) is 0 Å². The summed E-state index contributed by atoms with van der Waals surface area (Å²) in [5.41, 5.74) is 5.68. The minimum atomic E-state index is -0.164. The number of hydrogen-bond acceptors (Lipinski definition) is 1. The van der Waals surface area contributed by atoms with Crippen LogP contribution in [-0.2, 0) is 4.79 Å². The maximum atomic E-state index is 12.1. The predicted molar refractivity (Wildman–Crippen MR) is 107 cm³/mol. The summed E-state index contributed by atoms with van der Waals surface area (Å²) in [5, 5.41) is 0. The molecule has 1 amide bonds. The van der Waals surface area contributed by atoms with Crippen molar-refractivity contribution < 1.29 is 4.79 Å². The lowest BCUT2D eigenvalue weighted by atomic mass is 9.62. The van der Waals surface area contributed by atoms with Crippen LogP contribution in [0.15, 0.2) is 0 Å². The van der Waals surface area contributed by atoms with Crippen LogP contribution >= 0.6 is 0 Å². The molecule has 2 nitrogen and oxygen atoms in total. The predicted octanol–water partition coefficient (Wildman–Crippen LogP) is 6.62. The molecule has 2 N–H and O–H groups in total. The Morgan fingerprint density at radius 3 is 1.96 bits per heavy atom. The molecule has 0 aliphatic heterocycles. The average molecular weight is 350 g/mol. The largest absolute Gasteiger partial charge is 0.369 e. The molecule has 0 aromatic rings. The van der Waals surface area contributed by atoms with Gasteiger partial charge in [-0.25, -0.2) is 0 Å². The van der Waals surface area contributed by atoms with E-state index in [0.29, 0.717) is 0 Å².